The van der Waals surface area contributed by atoms with Gasteiger partial charge in [0.2, 0.25) is 0 Å². The van der Waals surface area contributed by atoms with Gasteiger partial charge in [-0.3, -0.25) is 5.32 Å². The molecule has 0 atom stereocenters. The number of carboxylic acid groups (broad SMARTS) is 1. The van der Waals surface area contributed by atoms with Crippen molar-refractivity contribution in [3.8, 4) is 11.1 Å². The summed E-state index contributed by atoms with van der Waals surface area (Å²) >= 11 is 3.55. The van der Waals surface area contributed by atoms with Gasteiger partial charge >= 0.3 is 6.09 Å². The highest BCUT2D eigenvalue weighted by molar-refractivity contribution is 9.10. The molecule has 0 radical (unpaired) electrons. The van der Waals surface area contributed by atoms with E-state index in [2.05, 4.69) is 69.5 Å². The Morgan fingerprint density at radius 3 is 2.63 bits per heavy atom. The van der Waals surface area contributed by atoms with Crippen LogP contribution in [0.4, 0.5) is 21.9 Å². The number of hydrogen-bond donors (Lipinski definition) is 2. The van der Waals surface area contributed by atoms with Crippen LogP contribution >= 0.6 is 15.9 Å². The molecule has 0 bridgehead atoms. The lowest BCUT2D eigenvalue weighted by molar-refractivity contribution is 0.210. The fraction of sp³-hybridized carbons (Fsp3) is 0.136. The number of benzene rings is 3. The first-order valence-electron chi connectivity index (χ1n) is 8.79. The van der Waals surface area contributed by atoms with Crippen molar-refractivity contribution < 1.29 is 9.90 Å². The van der Waals surface area contributed by atoms with E-state index in [4.69, 9.17) is 0 Å². The minimum Gasteiger partial charge on any atom is -0.465 e. The molecule has 2 N–H and O–H groups in total. The van der Waals surface area contributed by atoms with Gasteiger partial charge in [0.05, 0.1) is 5.69 Å². The smallest absolute Gasteiger partial charge is 0.409 e. The zero-order valence-corrected chi connectivity index (χ0v) is 16.5. The summed E-state index contributed by atoms with van der Waals surface area (Å²) < 4.78 is 1.09. The van der Waals surface area contributed by atoms with Crippen molar-refractivity contribution in [2.75, 3.05) is 16.8 Å². The Bertz CT molecular complexity index is 1030. The molecule has 1 aliphatic rings. The van der Waals surface area contributed by atoms with Gasteiger partial charge in [-0.2, -0.15) is 0 Å². The standard InChI is InChI=1S/C22H19BrN2O2/c1-14-6-8-21(25-11-10-15-13-16(23)7-9-20(15)25)18(12-14)17-4-2-3-5-19(17)24-22(26)27/h2-9,12-13,24H,10-11H2,1H3,(H,26,27). The molecule has 4 nitrogen and oxygen atoms in total. The Morgan fingerprint density at radius 1 is 1.04 bits per heavy atom. The lowest BCUT2D eigenvalue weighted by Crippen LogP contribution is -2.15. The van der Waals surface area contributed by atoms with Crippen LogP contribution in [0.3, 0.4) is 0 Å². The van der Waals surface area contributed by atoms with Crippen LogP contribution in [-0.4, -0.2) is 17.7 Å². The molecule has 1 heterocycles. The number of halogens is 1. The highest BCUT2D eigenvalue weighted by Crippen LogP contribution is 2.42. The summed E-state index contributed by atoms with van der Waals surface area (Å²) in [7, 11) is 0. The number of carbonyl (C=O) groups is 1. The van der Waals surface area contributed by atoms with Crippen molar-refractivity contribution in [3.05, 3.63) is 76.3 Å². The van der Waals surface area contributed by atoms with Crippen molar-refractivity contribution in [3.63, 3.8) is 0 Å². The van der Waals surface area contributed by atoms with Crippen molar-refractivity contribution >= 4 is 39.1 Å². The van der Waals surface area contributed by atoms with Crippen LogP contribution < -0.4 is 10.2 Å². The third-order valence-electron chi connectivity index (χ3n) is 4.84. The van der Waals surface area contributed by atoms with Crippen LogP contribution in [0.1, 0.15) is 11.1 Å². The summed E-state index contributed by atoms with van der Waals surface area (Å²) in [5.41, 5.74) is 7.22. The van der Waals surface area contributed by atoms with E-state index in [9.17, 15) is 9.90 Å². The van der Waals surface area contributed by atoms with Gasteiger partial charge in [0.15, 0.2) is 0 Å². The van der Waals surface area contributed by atoms with Crippen LogP contribution in [0.15, 0.2) is 65.1 Å². The van der Waals surface area contributed by atoms with Crippen molar-refractivity contribution in [2.24, 2.45) is 0 Å². The van der Waals surface area contributed by atoms with Crippen LogP contribution in [-0.2, 0) is 6.42 Å². The number of hydrogen-bond acceptors (Lipinski definition) is 2. The molecular weight excluding hydrogens is 404 g/mol. The fourth-order valence-electron chi connectivity index (χ4n) is 3.66. The molecule has 0 aliphatic carbocycles. The number of rotatable bonds is 3. The molecule has 0 spiro atoms. The van der Waals surface area contributed by atoms with E-state index in [1.807, 2.05) is 18.2 Å². The van der Waals surface area contributed by atoms with Gasteiger partial charge in [-0.25, -0.2) is 4.79 Å². The Hall–Kier alpha value is -2.79. The zero-order valence-electron chi connectivity index (χ0n) is 14.9. The van der Waals surface area contributed by atoms with E-state index in [1.165, 1.54) is 11.3 Å². The maximum atomic E-state index is 11.2. The number of fused-ring (bicyclic) bond motifs is 1. The van der Waals surface area contributed by atoms with Crippen molar-refractivity contribution in [1.29, 1.82) is 0 Å². The number of para-hydroxylation sites is 1. The van der Waals surface area contributed by atoms with Gasteiger partial charge in [-0.05, 0) is 55.3 Å². The Kier molecular flexibility index (Phi) is 4.62. The first kappa shape index (κ1) is 17.6. The molecule has 136 valence electrons. The molecule has 27 heavy (non-hydrogen) atoms. The lowest BCUT2D eigenvalue weighted by atomic mass is 9.98. The normalized spacial score (nSPS) is 12.7. The van der Waals surface area contributed by atoms with Crippen LogP contribution in [0, 0.1) is 6.92 Å². The Morgan fingerprint density at radius 2 is 1.81 bits per heavy atom. The van der Waals surface area contributed by atoms with Gasteiger partial charge in [-0.1, -0.05) is 45.8 Å². The summed E-state index contributed by atoms with van der Waals surface area (Å²) in [6.07, 6.45) is -0.0788. The largest absolute Gasteiger partial charge is 0.465 e. The number of anilines is 3. The summed E-state index contributed by atoms with van der Waals surface area (Å²) in [5.74, 6) is 0. The predicted molar refractivity (Wildman–Crippen MR) is 113 cm³/mol. The summed E-state index contributed by atoms with van der Waals surface area (Å²) in [6, 6.07) is 20.2. The molecule has 4 rings (SSSR count). The molecule has 0 unspecified atom stereocenters. The third-order valence-corrected chi connectivity index (χ3v) is 5.33. The average Bonchev–Trinajstić information content (AvgIpc) is 3.04. The Balaban J connectivity index is 1.86. The van der Waals surface area contributed by atoms with E-state index in [-0.39, 0.29) is 0 Å². The molecular formula is C22H19BrN2O2. The average molecular weight is 423 g/mol. The van der Waals surface area contributed by atoms with E-state index < -0.39 is 6.09 Å². The van der Waals surface area contributed by atoms with E-state index >= 15 is 0 Å². The predicted octanol–water partition coefficient (Wildman–Crippen LogP) is 6.21. The maximum Gasteiger partial charge on any atom is 0.409 e. The molecule has 3 aromatic rings. The Labute approximate surface area is 166 Å². The maximum absolute atomic E-state index is 11.2. The highest BCUT2D eigenvalue weighted by atomic mass is 79.9. The quantitative estimate of drug-likeness (QED) is 0.527. The number of nitrogens with one attached hydrogen (secondary N) is 1. The van der Waals surface area contributed by atoms with Crippen LogP contribution in [0.2, 0.25) is 0 Å². The van der Waals surface area contributed by atoms with Crippen LogP contribution in [0.25, 0.3) is 11.1 Å². The second-order valence-corrected chi connectivity index (χ2v) is 7.59. The SMILES string of the molecule is Cc1ccc(N2CCc3cc(Br)ccc32)c(-c2ccccc2NC(=O)O)c1. The van der Waals surface area contributed by atoms with E-state index in [0.717, 1.165) is 39.8 Å². The molecule has 1 aliphatic heterocycles. The van der Waals surface area contributed by atoms with E-state index in [0.29, 0.717) is 5.69 Å². The first-order chi connectivity index (χ1) is 13.0. The fourth-order valence-corrected chi connectivity index (χ4v) is 4.07. The minimum atomic E-state index is -1.06. The van der Waals surface area contributed by atoms with Crippen molar-refractivity contribution in [2.45, 2.75) is 13.3 Å². The second kappa shape index (κ2) is 7.08. The minimum absolute atomic E-state index is 0.590. The second-order valence-electron chi connectivity index (χ2n) is 6.67. The molecule has 0 aromatic heterocycles. The van der Waals surface area contributed by atoms with Gasteiger partial charge < -0.3 is 10.0 Å². The lowest BCUT2D eigenvalue weighted by Gasteiger charge is -2.24. The highest BCUT2D eigenvalue weighted by Gasteiger charge is 2.24. The number of aryl methyl sites for hydroxylation is 1. The molecule has 1 amide bonds. The molecule has 0 fully saturated rings. The zero-order chi connectivity index (χ0) is 19.0. The molecule has 0 saturated carbocycles. The first-order valence-corrected chi connectivity index (χ1v) is 9.58. The third kappa shape index (κ3) is 3.43. The van der Waals surface area contributed by atoms with Crippen molar-refractivity contribution in [1.82, 2.24) is 0 Å². The number of nitrogens with zero attached hydrogens (tertiary/aromatic N) is 1. The molecule has 5 heteroatoms. The van der Waals surface area contributed by atoms with Gasteiger partial charge in [0, 0.05) is 33.5 Å². The summed E-state index contributed by atoms with van der Waals surface area (Å²) in [4.78, 5) is 13.5. The topological polar surface area (TPSA) is 52.6 Å². The summed E-state index contributed by atoms with van der Waals surface area (Å²) in [5, 5.41) is 11.7. The monoisotopic (exact) mass is 422 g/mol. The molecule has 0 saturated heterocycles. The number of amides is 1. The van der Waals surface area contributed by atoms with E-state index in [1.54, 1.807) is 6.07 Å². The molecule has 3 aromatic carbocycles. The van der Waals surface area contributed by atoms with Gasteiger partial charge in [0.1, 0.15) is 0 Å². The summed E-state index contributed by atoms with van der Waals surface area (Å²) in [6.45, 7) is 2.95. The van der Waals surface area contributed by atoms with Gasteiger partial charge in [-0.15, -0.1) is 0 Å². The van der Waals surface area contributed by atoms with Crippen LogP contribution in [0.5, 0.6) is 0 Å². The van der Waals surface area contributed by atoms with Gasteiger partial charge in [0.25, 0.3) is 0 Å².